The number of aryl methyl sites for hydroxylation is 1. The van der Waals surface area contributed by atoms with Gasteiger partial charge in [-0.15, -0.1) is 0 Å². The zero-order chi connectivity index (χ0) is 14.8. The maximum atomic E-state index is 5.81. The first-order chi connectivity index (χ1) is 10.2. The Balaban J connectivity index is 2.02. The number of anilines is 3. The Kier molecular flexibility index (Phi) is 3.36. The number of aromatic nitrogens is 1. The zero-order valence-electron chi connectivity index (χ0n) is 12.1. The van der Waals surface area contributed by atoms with Gasteiger partial charge in [0.15, 0.2) is 0 Å². The largest absolute Gasteiger partial charge is 0.497 e. The molecule has 0 unspecified atom stereocenters. The average Bonchev–Trinajstić information content (AvgIpc) is 2.49. The molecule has 0 aliphatic carbocycles. The molecule has 0 radical (unpaired) electrons. The molecule has 4 heteroatoms. The van der Waals surface area contributed by atoms with Crippen LogP contribution in [0.3, 0.4) is 0 Å². The van der Waals surface area contributed by atoms with Crippen LogP contribution in [0.1, 0.15) is 5.56 Å². The quantitative estimate of drug-likeness (QED) is 0.714. The molecule has 0 saturated carbocycles. The van der Waals surface area contributed by atoms with Gasteiger partial charge >= 0.3 is 0 Å². The van der Waals surface area contributed by atoms with Gasteiger partial charge in [0, 0.05) is 28.6 Å². The van der Waals surface area contributed by atoms with Crippen LogP contribution < -0.4 is 15.8 Å². The van der Waals surface area contributed by atoms with Crippen LogP contribution >= 0.6 is 0 Å². The van der Waals surface area contributed by atoms with Crippen molar-refractivity contribution < 1.29 is 4.74 Å². The number of fused-ring (bicyclic) bond motifs is 1. The Labute approximate surface area is 123 Å². The number of rotatable bonds is 3. The molecule has 3 aromatic rings. The van der Waals surface area contributed by atoms with Crippen molar-refractivity contribution >= 4 is 28.0 Å². The van der Waals surface area contributed by atoms with Gasteiger partial charge in [0.05, 0.1) is 12.6 Å². The first kappa shape index (κ1) is 13.2. The van der Waals surface area contributed by atoms with E-state index < -0.39 is 0 Å². The predicted octanol–water partition coefficient (Wildman–Crippen LogP) is 3.88. The number of nitrogens with zero attached hydrogens (tertiary/aromatic N) is 1. The van der Waals surface area contributed by atoms with Gasteiger partial charge in [0.2, 0.25) is 0 Å². The number of pyridine rings is 1. The Hall–Kier alpha value is -2.75. The van der Waals surface area contributed by atoms with Gasteiger partial charge in [-0.25, -0.2) is 0 Å². The van der Waals surface area contributed by atoms with E-state index in [0.717, 1.165) is 33.6 Å². The van der Waals surface area contributed by atoms with E-state index in [-0.39, 0.29) is 0 Å². The second kappa shape index (κ2) is 5.32. The number of hydrogen-bond acceptors (Lipinski definition) is 4. The molecule has 0 atom stereocenters. The number of ether oxygens (including phenoxy) is 1. The summed E-state index contributed by atoms with van der Waals surface area (Å²) in [6.45, 7) is 2.05. The fraction of sp³-hybridized carbons (Fsp3) is 0.118. The molecule has 0 spiro atoms. The summed E-state index contributed by atoms with van der Waals surface area (Å²) in [4.78, 5) is 4.35. The lowest BCUT2D eigenvalue weighted by atomic mass is 10.1. The normalized spacial score (nSPS) is 10.6. The van der Waals surface area contributed by atoms with Crippen molar-refractivity contribution in [1.29, 1.82) is 0 Å². The van der Waals surface area contributed by atoms with E-state index in [1.54, 1.807) is 13.3 Å². The van der Waals surface area contributed by atoms with Crippen LogP contribution in [0.2, 0.25) is 0 Å². The van der Waals surface area contributed by atoms with Crippen molar-refractivity contribution in [3.63, 3.8) is 0 Å². The number of nitrogens with one attached hydrogen (secondary N) is 1. The monoisotopic (exact) mass is 279 g/mol. The highest BCUT2D eigenvalue weighted by Gasteiger charge is 2.05. The van der Waals surface area contributed by atoms with Crippen molar-refractivity contribution in [2.45, 2.75) is 6.92 Å². The Morgan fingerprint density at radius 1 is 1.05 bits per heavy atom. The third kappa shape index (κ3) is 2.60. The van der Waals surface area contributed by atoms with Gasteiger partial charge in [-0.1, -0.05) is 0 Å². The predicted molar refractivity (Wildman–Crippen MR) is 87.2 cm³/mol. The SMILES string of the molecule is COc1ccc(Nc2ccnc3cc(N)ccc23)c(C)c1. The van der Waals surface area contributed by atoms with E-state index in [1.807, 2.05) is 49.4 Å². The van der Waals surface area contributed by atoms with Crippen LogP contribution in [-0.2, 0) is 0 Å². The van der Waals surface area contributed by atoms with Crippen LogP contribution in [0.25, 0.3) is 10.9 Å². The van der Waals surface area contributed by atoms with E-state index in [0.29, 0.717) is 5.69 Å². The summed E-state index contributed by atoms with van der Waals surface area (Å²) < 4.78 is 5.23. The number of methoxy groups -OCH3 is 1. The second-order valence-corrected chi connectivity index (χ2v) is 4.94. The minimum atomic E-state index is 0.716. The molecule has 3 N–H and O–H groups in total. The molecule has 0 amide bonds. The molecule has 0 aliphatic rings. The summed E-state index contributed by atoms with van der Waals surface area (Å²) in [5.41, 5.74) is 10.6. The average molecular weight is 279 g/mol. The third-order valence-corrected chi connectivity index (χ3v) is 3.47. The lowest BCUT2D eigenvalue weighted by Gasteiger charge is -2.13. The molecular formula is C17H17N3O. The Morgan fingerprint density at radius 2 is 1.90 bits per heavy atom. The molecule has 106 valence electrons. The van der Waals surface area contributed by atoms with E-state index in [9.17, 15) is 0 Å². The molecule has 21 heavy (non-hydrogen) atoms. The van der Waals surface area contributed by atoms with Gasteiger partial charge in [0.25, 0.3) is 0 Å². The molecule has 1 aromatic heterocycles. The van der Waals surface area contributed by atoms with E-state index in [1.165, 1.54) is 0 Å². The van der Waals surface area contributed by atoms with Crippen LogP contribution in [0, 0.1) is 6.92 Å². The van der Waals surface area contributed by atoms with Crippen molar-refractivity contribution in [1.82, 2.24) is 4.98 Å². The summed E-state index contributed by atoms with van der Waals surface area (Å²) in [6.07, 6.45) is 1.78. The van der Waals surface area contributed by atoms with Crippen molar-refractivity contribution in [2.75, 3.05) is 18.2 Å². The van der Waals surface area contributed by atoms with E-state index in [4.69, 9.17) is 10.5 Å². The first-order valence-corrected chi connectivity index (χ1v) is 6.73. The number of nitrogen functional groups attached to an aromatic ring is 1. The standard InChI is InChI=1S/C17H17N3O/c1-11-9-13(21-2)4-6-15(11)20-16-7-8-19-17-10-12(18)3-5-14(16)17/h3-10H,18H2,1-2H3,(H,19,20). The molecule has 2 aromatic carbocycles. The van der Waals surface area contributed by atoms with Gasteiger partial charge in [-0.05, 0) is 55.0 Å². The lowest BCUT2D eigenvalue weighted by Crippen LogP contribution is -1.96. The maximum Gasteiger partial charge on any atom is 0.119 e. The summed E-state index contributed by atoms with van der Waals surface area (Å²) in [7, 11) is 1.67. The summed E-state index contributed by atoms with van der Waals surface area (Å²) >= 11 is 0. The molecular weight excluding hydrogens is 262 g/mol. The topological polar surface area (TPSA) is 60.2 Å². The van der Waals surface area contributed by atoms with Crippen LogP contribution in [-0.4, -0.2) is 12.1 Å². The zero-order valence-corrected chi connectivity index (χ0v) is 12.1. The summed E-state index contributed by atoms with van der Waals surface area (Å²) in [6, 6.07) is 13.7. The van der Waals surface area contributed by atoms with Crippen molar-refractivity contribution in [3.8, 4) is 5.75 Å². The fourth-order valence-corrected chi connectivity index (χ4v) is 2.32. The van der Waals surface area contributed by atoms with Gasteiger partial charge < -0.3 is 15.8 Å². The molecule has 4 nitrogen and oxygen atoms in total. The molecule has 1 heterocycles. The molecule has 0 bridgehead atoms. The highest BCUT2D eigenvalue weighted by molar-refractivity contribution is 5.94. The second-order valence-electron chi connectivity index (χ2n) is 4.94. The maximum absolute atomic E-state index is 5.81. The highest BCUT2D eigenvalue weighted by Crippen LogP contribution is 2.29. The van der Waals surface area contributed by atoms with Crippen LogP contribution in [0.15, 0.2) is 48.7 Å². The summed E-state index contributed by atoms with van der Waals surface area (Å²) in [5, 5.41) is 4.49. The lowest BCUT2D eigenvalue weighted by molar-refractivity contribution is 0.414. The minimum Gasteiger partial charge on any atom is -0.497 e. The van der Waals surface area contributed by atoms with Crippen molar-refractivity contribution in [3.05, 3.63) is 54.2 Å². The number of nitrogens with two attached hydrogens (primary N) is 1. The van der Waals surface area contributed by atoms with Gasteiger partial charge in [-0.2, -0.15) is 0 Å². The summed E-state index contributed by atoms with van der Waals surface area (Å²) in [5.74, 6) is 0.852. The van der Waals surface area contributed by atoms with Crippen LogP contribution in [0.5, 0.6) is 5.75 Å². The van der Waals surface area contributed by atoms with Crippen molar-refractivity contribution in [2.24, 2.45) is 0 Å². The fourth-order valence-electron chi connectivity index (χ4n) is 2.32. The number of benzene rings is 2. The highest BCUT2D eigenvalue weighted by atomic mass is 16.5. The number of hydrogen-bond donors (Lipinski definition) is 2. The molecule has 0 saturated heterocycles. The Morgan fingerprint density at radius 3 is 2.67 bits per heavy atom. The van der Waals surface area contributed by atoms with Gasteiger partial charge in [0.1, 0.15) is 5.75 Å². The smallest absolute Gasteiger partial charge is 0.119 e. The van der Waals surface area contributed by atoms with Crippen LogP contribution in [0.4, 0.5) is 17.1 Å². The molecule has 3 rings (SSSR count). The third-order valence-electron chi connectivity index (χ3n) is 3.47. The first-order valence-electron chi connectivity index (χ1n) is 6.73. The minimum absolute atomic E-state index is 0.716. The van der Waals surface area contributed by atoms with E-state index in [2.05, 4.69) is 10.3 Å². The molecule has 0 aliphatic heterocycles. The molecule has 0 fully saturated rings. The van der Waals surface area contributed by atoms with Gasteiger partial charge in [-0.3, -0.25) is 4.98 Å². The van der Waals surface area contributed by atoms with E-state index >= 15 is 0 Å². The Bertz CT molecular complexity index is 799.